The maximum atomic E-state index is 5.61. The molecule has 6 heteroatoms. The SMILES string of the molecule is CCCNCc1ccc(OCCOc2ncn(C)n2)cc1. The molecule has 21 heavy (non-hydrogen) atoms. The summed E-state index contributed by atoms with van der Waals surface area (Å²) in [6, 6.07) is 8.46. The van der Waals surface area contributed by atoms with Crippen LogP contribution in [-0.2, 0) is 13.6 Å². The lowest BCUT2D eigenvalue weighted by atomic mass is 10.2. The van der Waals surface area contributed by atoms with E-state index < -0.39 is 0 Å². The Morgan fingerprint density at radius 2 is 1.90 bits per heavy atom. The van der Waals surface area contributed by atoms with Gasteiger partial charge in [-0.2, -0.15) is 4.98 Å². The zero-order valence-corrected chi connectivity index (χ0v) is 12.6. The molecule has 6 nitrogen and oxygen atoms in total. The predicted molar refractivity (Wildman–Crippen MR) is 80.4 cm³/mol. The fourth-order valence-corrected chi connectivity index (χ4v) is 1.79. The third-order valence-corrected chi connectivity index (χ3v) is 2.84. The van der Waals surface area contributed by atoms with E-state index in [-0.39, 0.29) is 0 Å². The van der Waals surface area contributed by atoms with Crippen molar-refractivity contribution in [3.63, 3.8) is 0 Å². The van der Waals surface area contributed by atoms with Gasteiger partial charge in [-0.3, -0.25) is 4.68 Å². The maximum absolute atomic E-state index is 5.61. The molecule has 0 saturated carbocycles. The quantitative estimate of drug-likeness (QED) is 0.713. The van der Waals surface area contributed by atoms with Crippen LogP contribution in [0.15, 0.2) is 30.6 Å². The molecule has 0 bridgehead atoms. The smallest absolute Gasteiger partial charge is 0.335 e. The lowest BCUT2D eigenvalue weighted by molar-refractivity contribution is 0.206. The molecule has 0 spiro atoms. The van der Waals surface area contributed by atoms with Crippen LogP contribution >= 0.6 is 0 Å². The molecule has 0 atom stereocenters. The first-order valence-corrected chi connectivity index (χ1v) is 7.19. The third kappa shape index (κ3) is 5.43. The topological polar surface area (TPSA) is 61.2 Å². The highest BCUT2D eigenvalue weighted by Gasteiger charge is 2.00. The molecule has 0 aliphatic carbocycles. The first-order chi connectivity index (χ1) is 10.3. The number of ether oxygens (including phenoxy) is 2. The zero-order valence-electron chi connectivity index (χ0n) is 12.6. The largest absolute Gasteiger partial charge is 0.490 e. The first-order valence-electron chi connectivity index (χ1n) is 7.19. The van der Waals surface area contributed by atoms with Crippen LogP contribution in [0.1, 0.15) is 18.9 Å². The van der Waals surface area contributed by atoms with Crippen LogP contribution in [0, 0.1) is 0 Å². The van der Waals surface area contributed by atoms with E-state index in [9.17, 15) is 0 Å². The molecule has 0 aliphatic heterocycles. The molecule has 1 aromatic heterocycles. The van der Waals surface area contributed by atoms with Crippen molar-refractivity contribution in [2.45, 2.75) is 19.9 Å². The molecule has 114 valence electrons. The molecule has 2 rings (SSSR count). The Morgan fingerprint density at radius 3 is 2.57 bits per heavy atom. The minimum Gasteiger partial charge on any atom is -0.490 e. The second kappa shape index (κ2) is 8.26. The van der Waals surface area contributed by atoms with E-state index in [0.29, 0.717) is 19.2 Å². The van der Waals surface area contributed by atoms with E-state index in [1.165, 1.54) is 5.56 Å². The van der Waals surface area contributed by atoms with Gasteiger partial charge in [-0.25, -0.2) is 0 Å². The lowest BCUT2D eigenvalue weighted by Gasteiger charge is -2.08. The van der Waals surface area contributed by atoms with Gasteiger partial charge in [0.25, 0.3) is 0 Å². The Hall–Kier alpha value is -2.08. The van der Waals surface area contributed by atoms with Crippen LogP contribution in [0.4, 0.5) is 0 Å². The molecular formula is C15H22N4O2. The number of hydrogen-bond donors (Lipinski definition) is 1. The third-order valence-electron chi connectivity index (χ3n) is 2.84. The van der Waals surface area contributed by atoms with E-state index in [2.05, 4.69) is 34.5 Å². The molecule has 1 aromatic carbocycles. The highest BCUT2D eigenvalue weighted by atomic mass is 16.5. The Morgan fingerprint density at radius 1 is 1.14 bits per heavy atom. The Kier molecular flexibility index (Phi) is 6.02. The fraction of sp³-hybridized carbons (Fsp3) is 0.467. The van der Waals surface area contributed by atoms with E-state index in [1.807, 2.05) is 12.1 Å². The van der Waals surface area contributed by atoms with Crippen molar-refractivity contribution < 1.29 is 9.47 Å². The summed E-state index contributed by atoms with van der Waals surface area (Å²) in [7, 11) is 1.80. The molecule has 0 fully saturated rings. The van der Waals surface area contributed by atoms with Crippen LogP contribution in [0.25, 0.3) is 0 Å². The van der Waals surface area contributed by atoms with E-state index in [4.69, 9.17) is 9.47 Å². The second-order valence-corrected chi connectivity index (χ2v) is 4.72. The van der Waals surface area contributed by atoms with Crippen LogP contribution in [0.5, 0.6) is 11.8 Å². The lowest BCUT2D eigenvalue weighted by Crippen LogP contribution is -2.13. The Bertz CT molecular complexity index is 525. The summed E-state index contributed by atoms with van der Waals surface area (Å²) in [5.74, 6) is 0.840. The number of benzene rings is 1. The minimum absolute atomic E-state index is 0.374. The molecule has 1 N–H and O–H groups in total. The molecule has 0 unspecified atom stereocenters. The van der Waals surface area contributed by atoms with Gasteiger partial charge >= 0.3 is 6.01 Å². The van der Waals surface area contributed by atoms with Crippen LogP contribution in [0.2, 0.25) is 0 Å². The molecule has 0 amide bonds. The normalized spacial score (nSPS) is 10.6. The standard InChI is InChI=1S/C15H22N4O2/c1-3-8-16-11-13-4-6-14(7-5-13)20-9-10-21-15-17-12-19(2)18-15/h4-7,12,16H,3,8-11H2,1-2H3. The number of nitrogens with zero attached hydrogens (tertiary/aromatic N) is 3. The van der Waals surface area contributed by atoms with Gasteiger partial charge in [0.2, 0.25) is 0 Å². The molecule has 1 heterocycles. The molecule has 0 radical (unpaired) electrons. The Balaban J connectivity index is 1.66. The second-order valence-electron chi connectivity index (χ2n) is 4.72. The van der Waals surface area contributed by atoms with Crippen LogP contribution < -0.4 is 14.8 Å². The van der Waals surface area contributed by atoms with Crippen LogP contribution in [0.3, 0.4) is 0 Å². The maximum Gasteiger partial charge on any atom is 0.335 e. The van der Waals surface area contributed by atoms with Gasteiger partial charge in [-0.15, -0.1) is 5.10 Å². The van der Waals surface area contributed by atoms with E-state index in [0.717, 1.165) is 25.3 Å². The molecule has 2 aromatic rings. The highest BCUT2D eigenvalue weighted by molar-refractivity contribution is 5.27. The number of rotatable bonds is 9. The fourth-order valence-electron chi connectivity index (χ4n) is 1.79. The van der Waals surface area contributed by atoms with Crippen molar-refractivity contribution in [2.24, 2.45) is 7.05 Å². The summed E-state index contributed by atoms with van der Waals surface area (Å²) in [5, 5.41) is 7.39. The average Bonchev–Trinajstić information content (AvgIpc) is 2.91. The van der Waals surface area contributed by atoms with Gasteiger partial charge in [0, 0.05) is 13.6 Å². The van der Waals surface area contributed by atoms with Gasteiger partial charge < -0.3 is 14.8 Å². The van der Waals surface area contributed by atoms with Gasteiger partial charge in [0.15, 0.2) is 0 Å². The van der Waals surface area contributed by atoms with Crippen molar-refractivity contribution in [3.8, 4) is 11.8 Å². The Labute approximate surface area is 125 Å². The van der Waals surface area contributed by atoms with Gasteiger partial charge in [-0.05, 0) is 30.7 Å². The first kappa shape index (κ1) is 15.3. The summed E-state index contributed by atoms with van der Waals surface area (Å²) in [5.41, 5.74) is 1.25. The number of nitrogens with one attached hydrogen (secondary N) is 1. The van der Waals surface area contributed by atoms with Gasteiger partial charge in [0.05, 0.1) is 0 Å². The zero-order chi connectivity index (χ0) is 14.9. The number of aryl methyl sites for hydroxylation is 1. The average molecular weight is 290 g/mol. The van der Waals surface area contributed by atoms with E-state index >= 15 is 0 Å². The minimum atomic E-state index is 0.374. The van der Waals surface area contributed by atoms with Crippen molar-refractivity contribution in [2.75, 3.05) is 19.8 Å². The molecule has 0 saturated heterocycles. The summed E-state index contributed by atoms with van der Waals surface area (Å²) in [4.78, 5) is 3.97. The number of hydrogen-bond acceptors (Lipinski definition) is 5. The van der Waals surface area contributed by atoms with Gasteiger partial charge in [0.1, 0.15) is 25.3 Å². The van der Waals surface area contributed by atoms with Crippen molar-refractivity contribution in [3.05, 3.63) is 36.2 Å². The summed E-state index contributed by atoms with van der Waals surface area (Å²) in [6.45, 7) is 4.97. The summed E-state index contributed by atoms with van der Waals surface area (Å²) < 4.78 is 12.6. The van der Waals surface area contributed by atoms with Crippen molar-refractivity contribution in [1.29, 1.82) is 0 Å². The van der Waals surface area contributed by atoms with Crippen molar-refractivity contribution >= 4 is 0 Å². The summed E-state index contributed by atoms with van der Waals surface area (Å²) in [6.07, 6.45) is 2.74. The highest BCUT2D eigenvalue weighted by Crippen LogP contribution is 2.12. The van der Waals surface area contributed by atoms with Crippen molar-refractivity contribution in [1.82, 2.24) is 20.1 Å². The number of aromatic nitrogens is 3. The molecule has 0 aliphatic rings. The van der Waals surface area contributed by atoms with Crippen LogP contribution in [-0.4, -0.2) is 34.5 Å². The predicted octanol–water partition coefficient (Wildman–Crippen LogP) is 1.77. The molecular weight excluding hydrogens is 268 g/mol. The van der Waals surface area contributed by atoms with E-state index in [1.54, 1.807) is 18.1 Å². The monoisotopic (exact) mass is 290 g/mol. The summed E-state index contributed by atoms with van der Waals surface area (Å²) >= 11 is 0. The van der Waals surface area contributed by atoms with Gasteiger partial charge in [-0.1, -0.05) is 19.1 Å².